The van der Waals surface area contributed by atoms with Gasteiger partial charge in [0.1, 0.15) is 23.0 Å². The van der Waals surface area contributed by atoms with Crippen LogP contribution in [0.25, 0.3) is 22.1 Å². The van der Waals surface area contributed by atoms with Crippen molar-refractivity contribution in [2.75, 3.05) is 44.5 Å². The molecule has 1 unspecified atom stereocenters. The lowest BCUT2D eigenvalue weighted by Crippen LogP contribution is -2.55. The lowest BCUT2D eigenvalue weighted by molar-refractivity contribution is -0.118. The predicted octanol–water partition coefficient (Wildman–Crippen LogP) is 2.06. The first-order valence-corrected chi connectivity index (χ1v) is 9.95. The first-order valence-electron chi connectivity index (χ1n) is 9.95. The summed E-state index contributed by atoms with van der Waals surface area (Å²) < 4.78 is 15.7. The van der Waals surface area contributed by atoms with Gasteiger partial charge in [-0.2, -0.15) is 4.98 Å². The Balaban J connectivity index is 0.000000362. The third-order valence-electron chi connectivity index (χ3n) is 5.25. The van der Waals surface area contributed by atoms with E-state index < -0.39 is 0 Å². The molecule has 0 amide bonds. The van der Waals surface area contributed by atoms with Crippen molar-refractivity contribution in [2.24, 2.45) is 0 Å². The molecule has 4 heterocycles. The number of furan rings is 2. The largest absolute Gasteiger partial charge is 0.493 e. The molecule has 178 valence electrons. The minimum Gasteiger partial charge on any atom is -0.493 e. The van der Waals surface area contributed by atoms with Crippen LogP contribution in [-0.2, 0) is 4.79 Å². The second kappa shape index (κ2) is 11.0. The van der Waals surface area contributed by atoms with Gasteiger partial charge in [0, 0.05) is 31.1 Å². The molecule has 1 atom stereocenters. The smallest absolute Gasteiger partial charge is 0.228 e. The van der Waals surface area contributed by atoms with Gasteiger partial charge in [-0.05, 0) is 37.3 Å². The van der Waals surface area contributed by atoms with Gasteiger partial charge < -0.3 is 35.3 Å². The van der Waals surface area contributed by atoms with Crippen molar-refractivity contribution >= 4 is 52.0 Å². The highest BCUT2D eigenvalue weighted by Gasteiger charge is 2.28. The summed E-state index contributed by atoms with van der Waals surface area (Å²) in [6, 6.07) is 11.0. The van der Waals surface area contributed by atoms with Crippen molar-refractivity contribution in [1.29, 1.82) is 0 Å². The van der Waals surface area contributed by atoms with Crippen molar-refractivity contribution in [2.45, 2.75) is 13.0 Å². The van der Waals surface area contributed by atoms with E-state index in [1.807, 2.05) is 29.2 Å². The van der Waals surface area contributed by atoms with Crippen LogP contribution in [0.4, 0.5) is 11.8 Å². The standard InChI is InChI=1S/C16H21N5O3.C6H4O.ClH.H2O/c1-9(22)12-8-18-4-5-21(12)16-19-11-7-14(24-3)13(23-2)6-10(11)15(17)20-16;1-2-6-4-3-5(1)7-6;;/h6-7,12,18H,4-5,8H2,1-3H3,(H2,17,19,20);1-4H;1H;1H2. The Labute approximate surface area is 197 Å². The van der Waals surface area contributed by atoms with Crippen molar-refractivity contribution in [1.82, 2.24) is 15.3 Å². The maximum absolute atomic E-state index is 11.9. The Bertz CT molecular complexity index is 1160. The molecule has 0 saturated carbocycles. The van der Waals surface area contributed by atoms with Crippen LogP contribution in [-0.4, -0.2) is 61.1 Å². The van der Waals surface area contributed by atoms with Crippen molar-refractivity contribution in [3.05, 3.63) is 36.4 Å². The van der Waals surface area contributed by atoms with Gasteiger partial charge in [-0.3, -0.25) is 4.79 Å². The summed E-state index contributed by atoms with van der Waals surface area (Å²) in [5, 5.41) is 3.90. The van der Waals surface area contributed by atoms with Crippen molar-refractivity contribution in [3.63, 3.8) is 0 Å². The number of nitrogen functional groups attached to an aromatic ring is 1. The lowest BCUT2D eigenvalue weighted by atomic mass is 10.1. The van der Waals surface area contributed by atoms with Crippen molar-refractivity contribution in [3.8, 4) is 11.5 Å². The van der Waals surface area contributed by atoms with E-state index in [2.05, 4.69) is 15.3 Å². The molecule has 2 bridgehead atoms. The predicted molar refractivity (Wildman–Crippen MR) is 130 cm³/mol. The monoisotopic (exact) mass is 477 g/mol. The average Bonchev–Trinajstić information content (AvgIpc) is 3.45. The molecule has 33 heavy (non-hydrogen) atoms. The number of nitrogens with zero attached hydrogens (tertiary/aromatic N) is 3. The first-order chi connectivity index (χ1) is 15.0. The van der Waals surface area contributed by atoms with Crippen molar-refractivity contribution < 1.29 is 24.2 Å². The van der Waals surface area contributed by atoms with Gasteiger partial charge in [0.2, 0.25) is 5.95 Å². The van der Waals surface area contributed by atoms with Crippen LogP contribution >= 0.6 is 12.4 Å². The number of ketones is 1. The number of halogens is 1. The van der Waals surface area contributed by atoms with Gasteiger partial charge in [0.05, 0.1) is 19.7 Å². The third kappa shape index (κ3) is 5.36. The number of aromatic nitrogens is 2. The number of anilines is 2. The molecule has 10 nitrogen and oxygen atoms in total. The van der Waals surface area contributed by atoms with Crippen LogP contribution in [0.15, 0.2) is 40.8 Å². The van der Waals surface area contributed by atoms with Crippen LogP contribution in [0.5, 0.6) is 11.5 Å². The van der Waals surface area contributed by atoms with E-state index in [1.54, 1.807) is 33.3 Å². The highest BCUT2D eigenvalue weighted by Crippen LogP contribution is 2.34. The number of fused-ring (bicyclic) bond motifs is 3. The number of ether oxygens (including phenoxy) is 2. The normalized spacial score (nSPS) is 15.2. The number of nitrogens with two attached hydrogens (primary N) is 1. The van der Waals surface area contributed by atoms with Crippen LogP contribution in [0.1, 0.15) is 6.92 Å². The fourth-order valence-electron chi connectivity index (χ4n) is 3.61. The number of Topliss-reactive ketones (excluding diaryl/α,β-unsaturated/α-hetero) is 1. The van der Waals surface area contributed by atoms with Crippen LogP contribution in [0.2, 0.25) is 0 Å². The molecule has 0 aliphatic carbocycles. The highest BCUT2D eigenvalue weighted by atomic mass is 35.5. The molecule has 5 N–H and O–H groups in total. The summed E-state index contributed by atoms with van der Waals surface area (Å²) in [6.07, 6.45) is 0. The van der Waals surface area contributed by atoms with E-state index in [-0.39, 0.29) is 29.7 Å². The highest BCUT2D eigenvalue weighted by molar-refractivity contribution is 5.92. The number of carbonyl (C=O) groups excluding carboxylic acids is 1. The molecule has 11 heteroatoms. The number of nitrogens with one attached hydrogen (secondary N) is 1. The fourth-order valence-corrected chi connectivity index (χ4v) is 3.61. The van der Waals surface area contributed by atoms with E-state index >= 15 is 0 Å². The molecule has 4 aromatic rings. The molecule has 0 spiro atoms. The van der Waals surface area contributed by atoms with Gasteiger partial charge in [-0.15, -0.1) is 12.4 Å². The molecule has 0 radical (unpaired) electrons. The van der Waals surface area contributed by atoms with E-state index in [0.29, 0.717) is 47.3 Å². The molecule has 1 fully saturated rings. The second-order valence-electron chi connectivity index (χ2n) is 7.23. The molecule has 1 saturated heterocycles. The maximum atomic E-state index is 11.9. The average molecular weight is 478 g/mol. The summed E-state index contributed by atoms with van der Waals surface area (Å²) in [5.74, 6) is 2.00. The minimum atomic E-state index is -0.296. The SMILES string of the molecule is COc1cc2nc(N3CCNCC3C(C)=O)nc(N)c2cc1OC.Cl.O.c1cc2ccc1o2. The fraction of sp³-hybridized carbons (Fsp3) is 0.318. The minimum absolute atomic E-state index is 0. The van der Waals surface area contributed by atoms with Gasteiger partial charge in [-0.25, -0.2) is 4.98 Å². The first kappa shape index (κ1) is 25.9. The third-order valence-corrected chi connectivity index (χ3v) is 5.25. The number of piperazine rings is 1. The Morgan fingerprint density at radius 2 is 1.73 bits per heavy atom. The second-order valence-corrected chi connectivity index (χ2v) is 7.23. The molecule has 3 aromatic heterocycles. The summed E-state index contributed by atoms with van der Waals surface area (Å²) in [4.78, 5) is 22.8. The Kier molecular flexibility index (Phi) is 8.63. The van der Waals surface area contributed by atoms with Gasteiger partial charge in [-0.1, -0.05) is 0 Å². The quantitative estimate of drug-likeness (QED) is 0.450. The Morgan fingerprint density at radius 1 is 1.12 bits per heavy atom. The van der Waals surface area contributed by atoms with E-state index in [4.69, 9.17) is 19.6 Å². The number of rotatable bonds is 4. The van der Waals surface area contributed by atoms with Crippen LogP contribution < -0.4 is 25.4 Å². The molecule has 5 rings (SSSR count). The Hall–Kier alpha value is -3.34. The van der Waals surface area contributed by atoms with E-state index in [1.165, 1.54) is 0 Å². The van der Waals surface area contributed by atoms with Crippen LogP contribution in [0.3, 0.4) is 0 Å². The molecule has 1 aliphatic rings. The van der Waals surface area contributed by atoms with E-state index in [9.17, 15) is 4.79 Å². The van der Waals surface area contributed by atoms with Gasteiger partial charge >= 0.3 is 0 Å². The topological polar surface area (TPSA) is 147 Å². The summed E-state index contributed by atoms with van der Waals surface area (Å²) in [5.41, 5.74) is 8.71. The summed E-state index contributed by atoms with van der Waals surface area (Å²) >= 11 is 0. The number of hydrogen-bond acceptors (Lipinski definition) is 9. The molecular formula is C22H28ClN5O5. The zero-order valence-electron chi connectivity index (χ0n) is 18.6. The summed E-state index contributed by atoms with van der Waals surface area (Å²) in [6.45, 7) is 3.55. The zero-order chi connectivity index (χ0) is 22.0. The number of carbonyl (C=O) groups is 1. The number of methoxy groups -OCH3 is 2. The van der Waals surface area contributed by atoms with E-state index in [0.717, 1.165) is 17.7 Å². The van der Waals surface area contributed by atoms with Gasteiger partial charge in [0.15, 0.2) is 17.3 Å². The zero-order valence-corrected chi connectivity index (χ0v) is 19.4. The number of benzene rings is 2. The Morgan fingerprint density at radius 3 is 2.24 bits per heavy atom. The molecular weight excluding hydrogens is 450 g/mol. The number of hydrogen-bond donors (Lipinski definition) is 2. The lowest BCUT2D eigenvalue weighted by Gasteiger charge is -2.34. The molecule has 1 aliphatic heterocycles. The maximum Gasteiger partial charge on any atom is 0.228 e. The summed E-state index contributed by atoms with van der Waals surface area (Å²) in [7, 11) is 3.13. The van der Waals surface area contributed by atoms with Crippen LogP contribution in [0, 0.1) is 0 Å². The molecule has 1 aromatic carbocycles. The van der Waals surface area contributed by atoms with Gasteiger partial charge in [0.25, 0.3) is 0 Å².